The fourth-order valence-electron chi connectivity index (χ4n) is 2.00. The third kappa shape index (κ3) is 6.66. The molecule has 1 atom stereocenters. The van der Waals surface area contributed by atoms with Gasteiger partial charge >= 0.3 is 0 Å². The Morgan fingerprint density at radius 1 is 1.30 bits per heavy atom. The minimum absolute atomic E-state index is 0.224. The average molecular weight is 304 g/mol. The lowest BCUT2D eigenvalue weighted by atomic mass is 10.0. The van der Waals surface area contributed by atoms with Crippen LogP contribution in [0.5, 0.6) is 0 Å². The molecule has 0 saturated heterocycles. The lowest BCUT2D eigenvalue weighted by molar-refractivity contribution is 0.0659. The van der Waals surface area contributed by atoms with Gasteiger partial charge in [0.2, 0.25) is 0 Å². The van der Waals surface area contributed by atoms with Crippen LogP contribution >= 0.6 is 11.6 Å². The first-order valence-corrected chi connectivity index (χ1v) is 7.29. The summed E-state index contributed by atoms with van der Waals surface area (Å²) in [6, 6.07) is 4.70. The summed E-state index contributed by atoms with van der Waals surface area (Å²) in [6.45, 7) is 4.74. The van der Waals surface area contributed by atoms with Crippen LogP contribution in [0.2, 0.25) is 5.02 Å². The van der Waals surface area contributed by atoms with Crippen molar-refractivity contribution in [2.24, 2.45) is 0 Å². The summed E-state index contributed by atoms with van der Waals surface area (Å²) in [5.41, 5.74) is 0.828. The maximum absolute atomic E-state index is 13.3. The Balaban J connectivity index is 2.47. The van der Waals surface area contributed by atoms with Crippen LogP contribution in [0.25, 0.3) is 0 Å². The molecule has 1 N–H and O–H groups in total. The number of nitrogens with one attached hydrogen (secondary N) is 1. The Bertz CT molecular complexity index is 390. The fourth-order valence-corrected chi connectivity index (χ4v) is 2.19. The maximum atomic E-state index is 13.3. The predicted octanol–water partition coefficient (Wildman–Crippen LogP) is 3.05. The molecule has 1 unspecified atom stereocenters. The van der Waals surface area contributed by atoms with Gasteiger partial charge in [-0.15, -0.1) is 0 Å². The van der Waals surface area contributed by atoms with Crippen molar-refractivity contribution in [1.82, 2.24) is 5.32 Å². The molecule has 0 fully saturated rings. The molecule has 0 aromatic heterocycles. The first kappa shape index (κ1) is 17.4. The van der Waals surface area contributed by atoms with E-state index < -0.39 is 0 Å². The summed E-state index contributed by atoms with van der Waals surface area (Å²) < 4.78 is 23.6. The molecular formula is C15H23ClFNO2. The highest BCUT2D eigenvalue weighted by Gasteiger charge is 2.11. The standard InChI is InChI=1S/C15H23ClFNO2/c1-3-18-14(6-7-20-9-8-19-2)11-12-10-13(17)4-5-15(12)16/h4-5,10,14,18H,3,6-9,11H2,1-2H3. The van der Waals surface area contributed by atoms with Gasteiger partial charge in [-0.1, -0.05) is 18.5 Å². The van der Waals surface area contributed by atoms with Crippen LogP contribution in [0.15, 0.2) is 18.2 Å². The number of halogens is 2. The average Bonchev–Trinajstić information content (AvgIpc) is 2.42. The van der Waals surface area contributed by atoms with Gasteiger partial charge in [0, 0.05) is 24.8 Å². The smallest absolute Gasteiger partial charge is 0.123 e. The predicted molar refractivity (Wildman–Crippen MR) is 79.9 cm³/mol. The van der Waals surface area contributed by atoms with Gasteiger partial charge < -0.3 is 14.8 Å². The summed E-state index contributed by atoms with van der Waals surface area (Å²) in [5, 5.41) is 3.98. The highest BCUT2D eigenvalue weighted by molar-refractivity contribution is 6.31. The number of likely N-dealkylation sites (N-methyl/N-ethyl adjacent to an activating group) is 1. The van der Waals surface area contributed by atoms with E-state index in [0.29, 0.717) is 31.3 Å². The van der Waals surface area contributed by atoms with Crippen molar-refractivity contribution >= 4 is 11.6 Å². The van der Waals surface area contributed by atoms with Crippen LogP contribution in [0, 0.1) is 5.82 Å². The van der Waals surface area contributed by atoms with Gasteiger partial charge in [0.1, 0.15) is 5.82 Å². The third-order valence-electron chi connectivity index (χ3n) is 3.01. The molecule has 20 heavy (non-hydrogen) atoms. The second-order valence-corrected chi connectivity index (χ2v) is 5.00. The first-order chi connectivity index (χ1) is 9.67. The molecule has 0 saturated carbocycles. The van der Waals surface area contributed by atoms with E-state index >= 15 is 0 Å². The number of hydrogen-bond acceptors (Lipinski definition) is 3. The quantitative estimate of drug-likeness (QED) is 0.674. The molecule has 0 spiro atoms. The normalized spacial score (nSPS) is 12.6. The van der Waals surface area contributed by atoms with Gasteiger partial charge in [0.15, 0.2) is 0 Å². The van der Waals surface area contributed by atoms with Crippen molar-refractivity contribution in [1.29, 1.82) is 0 Å². The van der Waals surface area contributed by atoms with Crippen LogP contribution < -0.4 is 5.32 Å². The zero-order chi connectivity index (χ0) is 14.8. The Labute approximate surface area is 125 Å². The maximum Gasteiger partial charge on any atom is 0.123 e. The van der Waals surface area contributed by atoms with E-state index in [1.54, 1.807) is 13.2 Å². The number of rotatable bonds is 10. The van der Waals surface area contributed by atoms with Crippen LogP contribution in [0.3, 0.4) is 0 Å². The van der Waals surface area contributed by atoms with Gasteiger partial charge in [-0.05, 0) is 43.1 Å². The Morgan fingerprint density at radius 3 is 2.80 bits per heavy atom. The number of ether oxygens (including phenoxy) is 2. The third-order valence-corrected chi connectivity index (χ3v) is 3.38. The molecule has 0 aliphatic carbocycles. The van der Waals surface area contributed by atoms with E-state index in [4.69, 9.17) is 21.1 Å². The Hall–Kier alpha value is -0.680. The summed E-state index contributed by atoms with van der Waals surface area (Å²) in [5.74, 6) is -0.254. The largest absolute Gasteiger partial charge is 0.382 e. The molecule has 5 heteroatoms. The van der Waals surface area contributed by atoms with E-state index in [1.165, 1.54) is 12.1 Å². The van der Waals surface area contributed by atoms with Crippen molar-refractivity contribution in [2.45, 2.75) is 25.8 Å². The fraction of sp³-hybridized carbons (Fsp3) is 0.600. The van der Waals surface area contributed by atoms with Gasteiger partial charge in [-0.25, -0.2) is 4.39 Å². The molecular weight excluding hydrogens is 281 g/mol. The number of methoxy groups -OCH3 is 1. The van der Waals surface area contributed by atoms with Gasteiger partial charge in [-0.2, -0.15) is 0 Å². The van der Waals surface area contributed by atoms with Crippen LogP contribution in [0.1, 0.15) is 18.9 Å². The zero-order valence-electron chi connectivity index (χ0n) is 12.1. The molecule has 114 valence electrons. The minimum Gasteiger partial charge on any atom is -0.382 e. The Morgan fingerprint density at radius 2 is 2.10 bits per heavy atom. The van der Waals surface area contributed by atoms with E-state index in [-0.39, 0.29) is 11.9 Å². The molecule has 0 amide bonds. The molecule has 0 radical (unpaired) electrons. The van der Waals surface area contributed by atoms with Crippen LogP contribution in [0.4, 0.5) is 4.39 Å². The molecule has 0 heterocycles. The molecule has 3 nitrogen and oxygen atoms in total. The monoisotopic (exact) mass is 303 g/mol. The topological polar surface area (TPSA) is 30.5 Å². The van der Waals surface area contributed by atoms with E-state index in [1.807, 2.05) is 6.92 Å². The van der Waals surface area contributed by atoms with Crippen molar-refractivity contribution < 1.29 is 13.9 Å². The van der Waals surface area contributed by atoms with Crippen molar-refractivity contribution in [3.63, 3.8) is 0 Å². The molecule has 1 rings (SSSR count). The summed E-state index contributed by atoms with van der Waals surface area (Å²) in [4.78, 5) is 0. The van der Waals surface area contributed by atoms with E-state index in [0.717, 1.165) is 18.5 Å². The highest BCUT2D eigenvalue weighted by Crippen LogP contribution is 2.19. The van der Waals surface area contributed by atoms with Crippen LogP contribution in [-0.2, 0) is 15.9 Å². The summed E-state index contributed by atoms with van der Waals surface area (Å²) >= 11 is 6.10. The highest BCUT2D eigenvalue weighted by atomic mass is 35.5. The zero-order valence-corrected chi connectivity index (χ0v) is 12.9. The molecule has 0 aliphatic heterocycles. The molecule has 1 aromatic carbocycles. The Kier molecular flexibility index (Phi) is 8.78. The van der Waals surface area contributed by atoms with Gasteiger partial charge in [0.05, 0.1) is 13.2 Å². The van der Waals surface area contributed by atoms with Gasteiger partial charge in [0.25, 0.3) is 0 Å². The lowest BCUT2D eigenvalue weighted by Crippen LogP contribution is -2.32. The van der Waals surface area contributed by atoms with E-state index in [2.05, 4.69) is 5.32 Å². The van der Waals surface area contributed by atoms with Crippen molar-refractivity contribution in [3.05, 3.63) is 34.6 Å². The first-order valence-electron chi connectivity index (χ1n) is 6.91. The second kappa shape index (κ2) is 10.1. The molecule has 0 bridgehead atoms. The summed E-state index contributed by atoms with van der Waals surface area (Å²) in [7, 11) is 1.65. The summed E-state index contributed by atoms with van der Waals surface area (Å²) in [6.07, 6.45) is 1.54. The van der Waals surface area contributed by atoms with Crippen molar-refractivity contribution in [2.75, 3.05) is 33.5 Å². The van der Waals surface area contributed by atoms with Crippen molar-refractivity contribution in [3.8, 4) is 0 Å². The van der Waals surface area contributed by atoms with Crippen LogP contribution in [-0.4, -0.2) is 39.5 Å². The second-order valence-electron chi connectivity index (χ2n) is 4.59. The molecule has 1 aromatic rings. The lowest BCUT2D eigenvalue weighted by Gasteiger charge is -2.18. The van der Waals surface area contributed by atoms with Gasteiger partial charge in [-0.3, -0.25) is 0 Å². The molecule has 0 aliphatic rings. The minimum atomic E-state index is -0.254. The number of benzene rings is 1. The SMILES string of the molecule is CCNC(CCOCCOC)Cc1cc(F)ccc1Cl. The number of hydrogen-bond donors (Lipinski definition) is 1. The van der Waals surface area contributed by atoms with E-state index in [9.17, 15) is 4.39 Å².